The molecule has 0 aliphatic carbocycles. The van der Waals surface area contributed by atoms with Gasteiger partial charge in [0.25, 0.3) is 5.91 Å². The zero-order valence-corrected chi connectivity index (χ0v) is 12.4. The molecule has 1 aromatic carbocycles. The van der Waals surface area contributed by atoms with Gasteiger partial charge in [-0.15, -0.1) is 0 Å². The minimum Gasteiger partial charge on any atom is -0.352 e. The number of nitrogens with two attached hydrogens (primary N) is 1. The fourth-order valence-corrected chi connectivity index (χ4v) is 2.13. The Morgan fingerprint density at radius 2 is 2.10 bits per heavy atom. The molecular weight excluding hydrogens is 266 g/mol. The van der Waals surface area contributed by atoms with Crippen molar-refractivity contribution in [1.82, 2.24) is 15.2 Å². The Morgan fingerprint density at radius 1 is 1.33 bits per heavy atom. The normalized spacial score (nSPS) is 10.9. The minimum atomic E-state index is -0.108. The zero-order chi connectivity index (χ0) is 15.2. The van der Waals surface area contributed by atoms with Crippen molar-refractivity contribution in [2.75, 3.05) is 32.6 Å². The molecular formula is C15H21N5O. The summed E-state index contributed by atoms with van der Waals surface area (Å²) >= 11 is 0. The van der Waals surface area contributed by atoms with Gasteiger partial charge in [-0.2, -0.15) is 0 Å². The number of carbonyl (C=O) groups is 1. The Bertz CT molecular complexity index is 626. The van der Waals surface area contributed by atoms with Gasteiger partial charge in [-0.3, -0.25) is 4.79 Å². The number of benzene rings is 1. The van der Waals surface area contributed by atoms with Crippen molar-refractivity contribution in [2.45, 2.75) is 6.42 Å². The van der Waals surface area contributed by atoms with Gasteiger partial charge < -0.3 is 15.6 Å². The molecule has 2 aromatic rings. The van der Waals surface area contributed by atoms with Crippen molar-refractivity contribution in [3.8, 4) is 0 Å². The van der Waals surface area contributed by atoms with Crippen LogP contribution in [0, 0.1) is 0 Å². The minimum absolute atomic E-state index is 0.108. The molecule has 0 unspecified atom stereocenters. The number of para-hydroxylation sites is 1. The van der Waals surface area contributed by atoms with Crippen LogP contribution in [0.1, 0.15) is 16.8 Å². The Hall–Kier alpha value is -2.18. The highest BCUT2D eigenvalue weighted by atomic mass is 16.1. The third-order valence-corrected chi connectivity index (χ3v) is 3.18. The number of hydrogen-bond donors (Lipinski definition) is 3. The van der Waals surface area contributed by atoms with Crippen LogP contribution in [0.15, 0.2) is 30.3 Å². The lowest BCUT2D eigenvalue weighted by atomic mass is 10.1. The lowest BCUT2D eigenvalue weighted by Gasteiger charge is -2.11. The highest BCUT2D eigenvalue weighted by Gasteiger charge is 2.12. The summed E-state index contributed by atoms with van der Waals surface area (Å²) in [4.78, 5) is 18.8. The van der Waals surface area contributed by atoms with Gasteiger partial charge in [0, 0.05) is 11.9 Å². The molecule has 0 bridgehead atoms. The maximum atomic E-state index is 12.4. The van der Waals surface area contributed by atoms with Crippen LogP contribution in [-0.4, -0.2) is 43.0 Å². The van der Waals surface area contributed by atoms with E-state index in [0.717, 1.165) is 23.9 Å². The molecule has 0 fully saturated rings. The molecule has 0 aliphatic heterocycles. The fourth-order valence-electron chi connectivity index (χ4n) is 2.13. The number of nitrogens with zero attached hydrogens (tertiary/aromatic N) is 2. The smallest absolute Gasteiger partial charge is 0.252 e. The van der Waals surface area contributed by atoms with Crippen molar-refractivity contribution >= 4 is 22.6 Å². The van der Waals surface area contributed by atoms with Gasteiger partial charge in [-0.05, 0) is 39.2 Å². The molecule has 21 heavy (non-hydrogen) atoms. The molecule has 2 rings (SSSR count). The molecule has 1 aromatic heterocycles. The average Bonchev–Trinajstić information content (AvgIpc) is 2.50. The number of nitrogens with one attached hydrogen (secondary N) is 2. The number of rotatable bonds is 6. The molecule has 4 N–H and O–H groups in total. The van der Waals surface area contributed by atoms with E-state index in [2.05, 4.69) is 20.6 Å². The van der Waals surface area contributed by atoms with Crippen LogP contribution in [0.4, 0.5) is 5.82 Å². The lowest BCUT2D eigenvalue weighted by Crippen LogP contribution is -2.27. The Labute approximate surface area is 124 Å². The van der Waals surface area contributed by atoms with Gasteiger partial charge in [0.15, 0.2) is 0 Å². The predicted molar refractivity (Wildman–Crippen MR) is 85.1 cm³/mol. The number of hydrogen-bond acceptors (Lipinski definition) is 5. The number of aromatic nitrogens is 1. The molecule has 0 radical (unpaired) electrons. The second kappa shape index (κ2) is 7.01. The van der Waals surface area contributed by atoms with Gasteiger partial charge in [0.05, 0.1) is 11.1 Å². The summed E-state index contributed by atoms with van der Waals surface area (Å²) in [5, 5.41) is 3.76. The average molecular weight is 287 g/mol. The van der Waals surface area contributed by atoms with Crippen LogP contribution in [0.25, 0.3) is 10.9 Å². The fraction of sp³-hybridized carbons (Fsp3) is 0.333. The molecule has 1 amide bonds. The van der Waals surface area contributed by atoms with E-state index in [1.165, 1.54) is 0 Å². The number of hydrazine groups is 1. The van der Waals surface area contributed by atoms with Gasteiger partial charge >= 0.3 is 0 Å². The first-order valence-electron chi connectivity index (χ1n) is 6.91. The third-order valence-electron chi connectivity index (χ3n) is 3.18. The van der Waals surface area contributed by atoms with E-state index in [0.29, 0.717) is 17.9 Å². The second-order valence-corrected chi connectivity index (χ2v) is 5.13. The van der Waals surface area contributed by atoms with E-state index in [1.807, 2.05) is 38.4 Å². The quantitative estimate of drug-likeness (QED) is 0.422. The van der Waals surface area contributed by atoms with E-state index in [1.54, 1.807) is 6.07 Å². The topological polar surface area (TPSA) is 83.3 Å². The summed E-state index contributed by atoms with van der Waals surface area (Å²) in [5.41, 5.74) is 3.82. The van der Waals surface area contributed by atoms with E-state index in [-0.39, 0.29) is 5.91 Å². The number of nitrogen functional groups attached to an aromatic ring is 1. The lowest BCUT2D eigenvalue weighted by molar-refractivity contribution is 0.0954. The molecule has 1 heterocycles. The van der Waals surface area contributed by atoms with Gasteiger partial charge in [-0.25, -0.2) is 10.8 Å². The van der Waals surface area contributed by atoms with Crippen molar-refractivity contribution in [1.29, 1.82) is 0 Å². The highest BCUT2D eigenvalue weighted by Crippen LogP contribution is 2.20. The molecule has 112 valence electrons. The van der Waals surface area contributed by atoms with E-state index in [9.17, 15) is 4.79 Å². The van der Waals surface area contributed by atoms with E-state index in [4.69, 9.17) is 5.84 Å². The molecule has 6 heteroatoms. The van der Waals surface area contributed by atoms with Crippen molar-refractivity contribution in [3.63, 3.8) is 0 Å². The number of carbonyl (C=O) groups excluding carboxylic acids is 1. The summed E-state index contributed by atoms with van der Waals surface area (Å²) < 4.78 is 0. The predicted octanol–water partition coefficient (Wildman–Crippen LogP) is 1.20. The zero-order valence-electron chi connectivity index (χ0n) is 12.4. The summed E-state index contributed by atoms with van der Waals surface area (Å²) in [5.74, 6) is 5.79. The maximum Gasteiger partial charge on any atom is 0.252 e. The van der Waals surface area contributed by atoms with Crippen LogP contribution < -0.4 is 16.6 Å². The van der Waals surface area contributed by atoms with Crippen molar-refractivity contribution < 1.29 is 4.79 Å². The summed E-state index contributed by atoms with van der Waals surface area (Å²) in [6.45, 7) is 1.58. The number of anilines is 1. The second-order valence-electron chi connectivity index (χ2n) is 5.13. The molecule has 0 saturated heterocycles. The molecule has 6 nitrogen and oxygen atoms in total. The van der Waals surface area contributed by atoms with Crippen LogP contribution in [0.3, 0.4) is 0 Å². The first-order chi connectivity index (χ1) is 10.1. The summed E-state index contributed by atoms with van der Waals surface area (Å²) in [7, 11) is 4.02. The van der Waals surface area contributed by atoms with Gasteiger partial charge in [0.1, 0.15) is 5.82 Å². The number of pyridine rings is 1. The standard InChI is InChI=1S/C15H21N5O/c1-20(2)9-5-8-17-15(21)12-10-14(19-16)18-13-7-4-3-6-11(12)13/h3-4,6-7,10H,5,8-9,16H2,1-2H3,(H,17,21)(H,18,19). The first-order valence-corrected chi connectivity index (χ1v) is 6.91. The van der Waals surface area contributed by atoms with Crippen LogP contribution in [0.2, 0.25) is 0 Å². The summed E-state index contributed by atoms with van der Waals surface area (Å²) in [6.07, 6.45) is 0.907. The monoisotopic (exact) mass is 287 g/mol. The molecule has 0 atom stereocenters. The van der Waals surface area contributed by atoms with E-state index < -0.39 is 0 Å². The van der Waals surface area contributed by atoms with Crippen molar-refractivity contribution in [3.05, 3.63) is 35.9 Å². The van der Waals surface area contributed by atoms with Crippen molar-refractivity contribution in [2.24, 2.45) is 5.84 Å². The largest absolute Gasteiger partial charge is 0.352 e. The van der Waals surface area contributed by atoms with Gasteiger partial charge in [-0.1, -0.05) is 18.2 Å². The molecule has 0 aliphatic rings. The third kappa shape index (κ3) is 3.90. The molecule has 0 saturated carbocycles. The summed E-state index contributed by atoms with van der Waals surface area (Å²) in [6, 6.07) is 9.19. The van der Waals surface area contributed by atoms with Crippen LogP contribution in [0.5, 0.6) is 0 Å². The van der Waals surface area contributed by atoms with Gasteiger partial charge in [0.2, 0.25) is 0 Å². The Morgan fingerprint density at radius 3 is 2.81 bits per heavy atom. The Balaban J connectivity index is 2.17. The van der Waals surface area contributed by atoms with Crippen LogP contribution in [-0.2, 0) is 0 Å². The first kappa shape index (κ1) is 15.2. The Kier molecular flexibility index (Phi) is 5.08. The number of amides is 1. The van der Waals surface area contributed by atoms with Crippen LogP contribution >= 0.6 is 0 Å². The maximum absolute atomic E-state index is 12.4. The molecule has 0 spiro atoms. The highest BCUT2D eigenvalue weighted by molar-refractivity contribution is 6.06. The SMILES string of the molecule is CN(C)CCCNC(=O)c1cc(NN)nc2ccccc12. The van der Waals surface area contributed by atoms with E-state index >= 15 is 0 Å². The number of fused-ring (bicyclic) bond motifs is 1.